The van der Waals surface area contributed by atoms with Crippen molar-refractivity contribution in [3.8, 4) is 0 Å². The molecule has 0 heterocycles. The molecule has 0 radical (unpaired) electrons. The van der Waals surface area contributed by atoms with Crippen LogP contribution >= 0.6 is 0 Å². The second-order valence-corrected chi connectivity index (χ2v) is 11.0. The van der Waals surface area contributed by atoms with E-state index >= 15 is 0 Å². The lowest BCUT2D eigenvalue weighted by molar-refractivity contribution is 0.354. The van der Waals surface area contributed by atoms with Crippen LogP contribution in [0.4, 0.5) is 0 Å². The standard InChI is InChI=1S/C17H26Si/c1-4-10-15-11-8-9-14-17(15)18(2,3)16-12-6-5-7-13-16/h4-7,12-13,15,17H,1,8-11,14H2,2-3H3/t15-,17-/m1/s1. The molecule has 0 bridgehead atoms. The van der Waals surface area contributed by atoms with Crippen LogP contribution < -0.4 is 5.19 Å². The molecule has 0 amide bonds. The topological polar surface area (TPSA) is 0 Å². The molecule has 1 aromatic rings. The molecule has 0 aromatic heterocycles. The fourth-order valence-electron chi connectivity index (χ4n) is 3.74. The van der Waals surface area contributed by atoms with Crippen molar-refractivity contribution in [3.05, 3.63) is 43.0 Å². The molecular formula is C17H26Si. The van der Waals surface area contributed by atoms with E-state index in [4.69, 9.17) is 0 Å². The van der Waals surface area contributed by atoms with Gasteiger partial charge in [0.05, 0.1) is 8.07 Å². The van der Waals surface area contributed by atoms with Gasteiger partial charge in [-0.3, -0.25) is 0 Å². The Hall–Kier alpha value is -0.823. The van der Waals surface area contributed by atoms with Gasteiger partial charge in [0, 0.05) is 0 Å². The van der Waals surface area contributed by atoms with Crippen LogP contribution in [-0.2, 0) is 0 Å². The molecule has 1 aliphatic carbocycles. The van der Waals surface area contributed by atoms with Crippen molar-refractivity contribution >= 4 is 13.3 Å². The van der Waals surface area contributed by atoms with Crippen molar-refractivity contribution in [2.75, 3.05) is 0 Å². The van der Waals surface area contributed by atoms with Crippen LogP contribution in [0, 0.1) is 5.92 Å². The van der Waals surface area contributed by atoms with Crippen molar-refractivity contribution < 1.29 is 0 Å². The molecule has 98 valence electrons. The van der Waals surface area contributed by atoms with Gasteiger partial charge in [0.15, 0.2) is 0 Å². The molecule has 1 heteroatoms. The smallest absolute Gasteiger partial charge is 0.0839 e. The summed E-state index contributed by atoms with van der Waals surface area (Å²) in [6.07, 6.45) is 9.06. The summed E-state index contributed by atoms with van der Waals surface area (Å²) in [5, 5.41) is 1.63. The summed E-state index contributed by atoms with van der Waals surface area (Å²) in [5.41, 5.74) is 0.937. The maximum atomic E-state index is 3.96. The van der Waals surface area contributed by atoms with Crippen LogP contribution in [0.5, 0.6) is 0 Å². The number of hydrogen-bond acceptors (Lipinski definition) is 0. The second kappa shape index (κ2) is 5.88. The van der Waals surface area contributed by atoms with Gasteiger partial charge >= 0.3 is 0 Å². The fraction of sp³-hybridized carbons (Fsp3) is 0.529. The first-order valence-electron chi connectivity index (χ1n) is 7.32. The lowest BCUT2D eigenvalue weighted by Crippen LogP contribution is -2.49. The zero-order valence-electron chi connectivity index (χ0n) is 11.9. The summed E-state index contributed by atoms with van der Waals surface area (Å²) >= 11 is 0. The third-order valence-electron chi connectivity index (χ3n) is 4.82. The summed E-state index contributed by atoms with van der Waals surface area (Å²) in [5.74, 6) is 0.887. The molecule has 2 atom stereocenters. The molecule has 1 fully saturated rings. The van der Waals surface area contributed by atoms with Crippen molar-refractivity contribution in [2.45, 2.75) is 50.7 Å². The molecule has 18 heavy (non-hydrogen) atoms. The summed E-state index contributed by atoms with van der Waals surface area (Å²) in [6, 6.07) is 11.2. The number of rotatable bonds is 4. The first kappa shape index (κ1) is 13.6. The summed E-state index contributed by atoms with van der Waals surface area (Å²) in [6.45, 7) is 9.09. The van der Waals surface area contributed by atoms with Gasteiger partial charge in [-0.15, -0.1) is 6.58 Å². The highest BCUT2D eigenvalue weighted by Gasteiger charge is 2.39. The van der Waals surface area contributed by atoms with E-state index in [1.54, 1.807) is 5.19 Å². The minimum absolute atomic E-state index is 0.887. The molecule has 2 rings (SSSR count). The van der Waals surface area contributed by atoms with Crippen molar-refractivity contribution in [3.63, 3.8) is 0 Å². The Balaban J connectivity index is 2.23. The first-order valence-corrected chi connectivity index (χ1v) is 10.4. The third-order valence-corrected chi connectivity index (χ3v) is 9.26. The predicted octanol–water partition coefficient (Wildman–Crippen LogP) is 4.74. The summed E-state index contributed by atoms with van der Waals surface area (Å²) < 4.78 is 0. The van der Waals surface area contributed by atoms with Crippen LogP contribution in [0.15, 0.2) is 43.0 Å². The lowest BCUT2D eigenvalue weighted by Gasteiger charge is -2.41. The number of hydrogen-bond donors (Lipinski definition) is 0. The molecule has 0 spiro atoms. The molecule has 0 saturated heterocycles. The van der Waals surface area contributed by atoms with Gasteiger partial charge in [0.25, 0.3) is 0 Å². The Morgan fingerprint density at radius 1 is 1.17 bits per heavy atom. The first-order chi connectivity index (χ1) is 8.66. The van der Waals surface area contributed by atoms with Crippen LogP contribution in [-0.4, -0.2) is 8.07 Å². The van der Waals surface area contributed by atoms with Gasteiger partial charge in [-0.2, -0.15) is 0 Å². The third kappa shape index (κ3) is 2.77. The maximum absolute atomic E-state index is 3.96. The van der Waals surface area contributed by atoms with Gasteiger partial charge in [0.2, 0.25) is 0 Å². The van der Waals surface area contributed by atoms with Crippen LogP contribution in [0.1, 0.15) is 32.1 Å². The van der Waals surface area contributed by atoms with E-state index in [-0.39, 0.29) is 0 Å². The molecule has 0 N–H and O–H groups in total. The zero-order valence-corrected chi connectivity index (χ0v) is 12.9. The molecule has 1 saturated carbocycles. The van der Waals surface area contributed by atoms with Gasteiger partial charge in [0.1, 0.15) is 0 Å². The number of benzene rings is 1. The van der Waals surface area contributed by atoms with E-state index in [0.29, 0.717) is 0 Å². The Kier molecular flexibility index (Phi) is 4.44. The van der Waals surface area contributed by atoms with Gasteiger partial charge in [-0.1, -0.05) is 80.4 Å². The Morgan fingerprint density at radius 3 is 2.50 bits per heavy atom. The fourth-order valence-corrected chi connectivity index (χ4v) is 7.62. The zero-order chi connectivity index (χ0) is 13.0. The van der Waals surface area contributed by atoms with Crippen molar-refractivity contribution in [1.82, 2.24) is 0 Å². The van der Waals surface area contributed by atoms with E-state index in [1.807, 2.05) is 0 Å². The van der Waals surface area contributed by atoms with Gasteiger partial charge < -0.3 is 0 Å². The van der Waals surface area contributed by atoms with E-state index in [2.05, 4.69) is 56.1 Å². The molecule has 1 aliphatic rings. The predicted molar refractivity (Wildman–Crippen MR) is 84.1 cm³/mol. The Bertz CT molecular complexity index is 380. The summed E-state index contributed by atoms with van der Waals surface area (Å²) in [4.78, 5) is 0. The minimum atomic E-state index is -1.33. The highest BCUT2D eigenvalue weighted by atomic mass is 28.3. The van der Waals surface area contributed by atoms with E-state index in [0.717, 1.165) is 11.5 Å². The van der Waals surface area contributed by atoms with Crippen molar-refractivity contribution in [1.29, 1.82) is 0 Å². The maximum Gasteiger partial charge on any atom is 0.0839 e. The quantitative estimate of drug-likeness (QED) is 0.540. The average Bonchev–Trinajstić information content (AvgIpc) is 2.41. The van der Waals surface area contributed by atoms with E-state index in [9.17, 15) is 0 Å². The molecule has 0 unspecified atom stereocenters. The lowest BCUT2D eigenvalue weighted by atomic mass is 9.86. The minimum Gasteiger partial charge on any atom is -0.103 e. The second-order valence-electron chi connectivity index (χ2n) is 6.26. The Labute approximate surface area is 113 Å². The van der Waals surface area contributed by atoms with E-state index < -0.39 is 8.07 Å². The van der Waals surface area contributed by atoms with Crippen molar-refractivity contribution in [2.24, 2.45) is 5.92 Å². The number of allylic oxidation sites excluding steroid dienone is 1. The van der Waals surface area contributed by atoms with Crippen LogP contribution in [0.25, 0.3) is 0 Å². The van der Waals surface area contributed by atoms with E-state index in [1.165, 1.54) is 32.1 Å². The molecule has 0 nitrogen and oxygen atoms in total. The summed E-state index contributed by atoms with van der Waals surface area (Å²) in [7, 11) is -1.33. The van der Waals surface area contributed by atoms with Gasteiger partial charge in [-0.25, -0.2) is 0 Å². The Morgan fingerprint density at radius 2 is 1.83 bits per heavy atom. The molecule has 1 aromatic carbocycles. The van der Waals surface area contributed by atoms with Crippen LogP contribution in [0.2, 0.25) is 18.6 Å². The highest BCUT2D eigenvalue weighted by molar-refractivity contribution is 6.91. The largest absolute Gasteiger partial charge is 0.103 e. The SMILES string of the molecule is C=CC[C@@H]1CCCC[C@H]1[Si](C)(C)c1ccccc1. The van der Waals surface area contributed by atoms with Gasteiger partial charge in [-0.05, 0) is 17.9 Å². The molecule has 0 aliphatic heterocycles. The highest BCUT2D eigenvalue weighted by Crippen LogP contribution is 2.43. The monoisotopic (exact) mass is 258 g/mol. The molecular weight excluding hydrogens is 232 g/mol. The van der Waals surface area contributed by atoms with Crippen LogP contribution in [0.3, 0.4) is 0 Å². The average molecular weight is 258 g/mol. The normalized spacial score (nSPS) is 24.8.